The van der Waals surface area contributed by atoms with E-state index in [1.807, 2.05) is 0 Å². The first-order valence-electron chi connectivity index (χ1n) is 13.3. The lowest BCUT2D eigenvalue weighted by Gasteiger charge is -2.58. The van der Waals surface area contributed by atoms with Gasteiger partial charge in [0.2, 0.25) is 0 Å². The van der Waals surface area contributed by atoms with E-state index in [2.05, 4.69) is 32.6 Å². The molecule has 0 amide bonds. The van der Waals surface area contributed by atoms with Crippen molar-refractivity contribution < 1.29 is 29.2 Å². The standard InChI is InChI=1S/C28H42O6/c1-5-17-7-9-21-20-8-6-18-14-19(10-12-28(18,4)22(20)11-13-27(17,21)3)34-26-24(31)25(33-16(2)29)23(30)15-32-26/h5-6,17,19-26,30-31H,1,7-15H2,2-4H3/t17-,19-,20?,21?,22?,23?,24+,25+,26-,27+,28-/m0/s1. The summed E-state index contributed by atoms with van der Waals surface area (Å²) in [4.78, 5) is 11.4. The van der Waals surface area contributed by atoms with Crippen molar-refractivity contribution in [3.63, 3.8) is 0 Å². The van der Waals surface area contributed by atoms with Gasteiger partial charge in [0, 0.05) is 6.92 Å². The van der Waals surface area contributed by atoms with Gasteiger partial charge in [0.15, 0.2) is 12.4 Å². The fourth-order valence-electron chi connectivity index (χ4n) is 8.59. The van der Waals surface area contributed by atoms with E-state index >= 15 is 0 Å². The van der Waals surface area contributed by atoms with E-state index in [1.165, 1.54) is 38.2 Å². The second-order valence-corrected chi connectivity index (χ2v) is 12.1. The lowest BCUT2D eigenvalue weighted by atomic mass is 9.47. The van der Waals surface area contributed by atoms with Crippen molar-refractivity contribution in [2.45, 2.75) is 103 Å². The van der Waals surface area contributed by atoms with Gasteiger partial charge < -0.3 is 24.4 Å². The predicted octanol–water partition coefficient (Wildman–Crippen LogP) is 4.15. The number of carbonyl (C=O) groups excluding carboxylic acids is 1. The number of rotatable bonds is 4. The van der Waals surface area contributed by atoms with Gasteiger partial charge in [0.1, 0.15) is 12.2 Å². The van der Waals surface area contributed by atoms with E-state index in [4.69, 9.17) is 14.2 Å². The van der Waals surface area contributed by atoms with E-state index in [9.17, 15) is 15.0 Å². The molecule has 0 bridgehead atoms. The number of aliphatic hydroxyl groups is 2. The molecule has 5 rings (SSSR count). The average Bonchev–Trinajstić information content (AvgIpc) is 3.15. The quantitative estimate of drug-likeness (QED) is 0.470. The van der Waals surface area contributed by atoms with Gasteiger partial charge >= 0.3 is 5.97 Å². The highest BCUT2D eigenvalue weighted by Crippen LogP contribution is 2.66. The van der Waals surface area contributed by atoms with Crippen LogP contribution in [0.5, 0.6) is 0 Å². The van der Waals surface area contributed by atoms with Gasteiger partial charge in [-0.1, -0.05) is 31.6 Å². The van der Waals surface area contributed by atoms with E-state index in [0.717, 1.165) is 43.4 Å². The molecule has 4 fully saturated rings. The smallest absolute Gasteiger partial charge is 0.303 e. The van der Waals surface area contributed by atoms with E-state index in [0.29, 0.717) is 11.3 Å². The van der Waals surface area contributed by atoms with Crippen LogP contribution in [0, 0.1) is 34.5 Å². The molecule has 2 N–H and O–H groups in total. The summed E-state index contributed by atoms with van der Waals surface area (Å²) in [7, 11) is 0. The molecule has 34 heavy (non-hydrogen) atoms. The lowest BCUT2D eigenvalue weighted by Crippen LogP contribution is -2.56. The van der Waals surface area contributed by atoms with Crippen LogP contribution in [0.4, 0.5) is 0 Å². The zero-order valence-electron chi connectivity index (χ0n) is 20.9. The summed E-state index contributed by atoms with van der Waals surface area (Å²) >= 11 is 0. The molecule has 6 heteroatoms. The highest BCUT2D eigenvalue weighted by molar-refractivity contribution is 5.66. The molecule has 6 nitrogen and oxygen atoms in total. The Morgan fingerprint density at radius 3 is 2.71 bits per heavy atom. The molecule has 0 spiro atoms. The molecular weight excluding hydrogens is 432 g/mol. The monoisotopic (exact) mass is 474 g/mol. The molecule has 4 aliphatic carbocycles. The molecule has 3 saturated carbocycles. The second kappa shape index (κ2) is 9.02. The Kier molecular flexibility index (Phi) is 6.50. The molecule has 4 unspecified atom stereocenters. The highest BCUT2D eigenvalue weighted by atomic mass is 16.7. The Morgan fingerprint density at radius 2 is 1.97 bits per heavy atom. The fraction of sp³-hybridized carbons (Fsp3) is 0.821. The average molecular weight is 475 g/mol. The van der Waals surface area contributed by atoms with Crippen molar-refractivity contribution in [3.05, 3.63) is 24.3 Å². The third-order valence-corrected chi connectivity index (χ3v) is 10.5. The number of aliphatic hydroxyl groups excluding tert-OH is 2. The zero-order valence-corrected chi connectivity index (χ0v) is 20.9. The molecule has 1 saturated heterocycles. The Balaban J connectivity index is 1.27. The van der Waals surface area contributed by atoms with E-state index in [1.54, 1.807) is 0 Å². The van der Waals surface area contributed by atoms with Crippen molar-refractivity contribution in [2.24, 2.45) is 34.5 Å². The van der Waals surface area contributed by atoms with Crippen LogP contribution < -0.4 is 0 Å². The summed E-state index contributed by atoms with van der Waals surface area (Å²) < 4.78 is 17.0. The Bertz CT molecular complexity index is 839. The van der Waals surface area contributed by atoms with Gasteiger partial charge in [0.25, 0.3) is 0 Å². The number of fused-ring (bicyclic) bond motifs is 5. The van der Waals surface area contributed by atoms with Gasteiger partial charge in [-0.25, -0.2) is 0 Å². The van der Waals surface area contributed by atoms with Gasteiger partial charge in [-0.2, -0.15) is 0 Å². The van der Waals surface area contributed by atoms with Crippen molar-refractivity contribution in [3.8, 4) is 0 Å². The summed E-state index contributed by atoms with van der Waals surface area (Å²) in [5, 5.41) is 20.8. The Hall–Kier alpha value is -1.21. The maximum atomic E-state index is 11.4. The number of carbonyl (C=O) groups is 1. The van der Waals surface area contributed by atoms with Crippen molar-refractivity contribution in [1.29, 1.82) is 0 Å². The fourth-order valence-corrected chi connectivity index (χ4v) is 8.59. The number of hydrogen-bond acceptors (Lipinski definition) is 6. The molecule has 1 heterocycles. The van der Waals surface area contributed by atoms with Crippen LogP contribution in [0.1, 0.15) is 72.1 Å². The summed E-state index contributed by atoms with van der Waals surface area (Å²) in [5.74, 6) is 2.43. The Morgan fingerprint density at radius 1 is 1.18 bits per heavy atom. The maximum Gasteiger partial charge on any atom is 0.303 e. The first-order chi connectivity index (χ1) is 16.2. The van der Waals surface area contributed by atoms with Gasteiger partial charge in [-0.3, -0.25) is 4.79 Å². The van der Waals surface area contributed by atoms with Crippen LogP contribution in [-0.4, -0.2) is 53.5 Å². The number of hydrogen-bond donors (Lipinski definition) is 2. The number of ether oxygens (including phenoxy) is 3. The normalized spacial score (nSPS) is 50.4. The molecule has 0 aromatic heterocycles. The highest BCUT2D eigenvalue weighted by Gasteiger charge is 2.58. The maximum absolute atomic E-state index is 11.4. The minimum absolute atomic E-state index is 0.0254. The molecule has 0 radical (unpaired) electrons. The van der Waals surface area contributed by atoms with Gasteiger partial charge in [-0.15, -0.1) is 6.58 Å². The Labute approximate surface area is 203 Å². The van der Waals surface area contributed by atoms with Crippen molar-refractivity contribution >= 4 is 5.97 Å². The van der Waals surface area contributed by atoms with Crippen LogP contribution in [-0.2, 0) is 19.0 Å². The van der Waals surface area contributed by atoms with Crippen LogP contribution in [0.3, 0.4) is 0 Å². The van der Waals surface area contributed by atoms with Crippen molar-refractivity contribution in [2.75, 3.05) is 6.61 Å². The third kappa shape index (κ3) is 3.89. The minimum Gasteiger partial charge on any atom is -0.457 e. The molecule has 0 aromatic rings. The lowest BCUT2D eigenvalue weighted by molar-refractivity contribution is -0.287. The van der Waals surface area contributed by atoms with Crippen molar-refractivity contribution in [1.82, 2.24) is 0 Å². The van der Waals surface area contributed by atoms with Crippen LogP contribution in [0.2, 0.25) is 0 Å². The molecule has 11 atom stereocenters. The molecule has 0 aromatic carbocycles. The first kappa shape index (κ1) is 24.5. The SMILES string of the molecule is C=C[C@H]1CCC2C3CC=C4C[C@@H](O[C@@H]5OCC(O)[C@@H](OC(C)=O)[C@H]5O)CC[C@]4(C)C3CC[C@@]21C. The molecule has 1 aliphatic heterocycles. The van der Waals surface area contributed by atoms with Crippen LogP contribution in [0.15, 0.2) is 24.3 Å². The largest absolute Gasteiger partial charge is 0.457 e. The minimum atomic E-state index is -1.21. The van der Waals surface area contributed by atoms with E-state index < -0.39 is 30.6 Å². The zero-order chi connectivity index (χ0) is 24.3. The summed E-state index contributed by atoms with van der Waals surface area (Å²) in [6, 6.07) is 0. The molecule has 5 aliphatic rings. The van der Waals surface area contributed by atoms with E-state index in [-0.39, 0.29) is 18.1 Å². The predicted molar refractivity (Wildman–Crippen MR) is 128 cm³/mol. The third-order valence-electron chi connectivity index (χ3n) is 10.5. The van der Waals surface area contributed by atoms with Gasteiger partial charge in [-0.05, 0) is 85.9 Å². The number of esters is 1. The summed E-state index contributed by atoms with van der Waals surface area (Å²) in [6.07, 6.45) is 9.75. The first-order valence-corrected chi connectivity index (χ1v) is 13.3. The van der Waals surface area contributed by atoms with Gasteiger partial charge in [0.05, 0.1) is 12.7 Å². The summed E-state index contributed by atoms with van der Waals surface area (Å²) in [6.45, 7) is 10.4. The summed E-state index contributed by atoms with van der Waals surface area (Å²) in [5.41, 5.74) is 2.15. The topological polar surface area (TPSA) is 85.2 Å². The second-order valence-electron chi connectivity index (χ2n) is 12.1. The van der Waals surface area contributed by atoms with Crippen LogP contribution >= 0.6 is 0 Å². The number of allylic oxidation sites excluding steroid dienone is 2. The van der Waals surface area contributed by atoms with Crippen LogP contribution in [0.25, 0.3) is 0 Å². The molecular formula is C28H42O6. The molecule has 190 valence electrons.